The molecule has 100 valence electrons. The number of anilines is 1. The molecule has 7 heteroatoms. The van der Waals surface area contributed by atoms with Crippen LogP contribution in [0.1, 0.15) is 12.8 Å². The van der Waals surface area contributed by atoms with E-state index < -0.39 is 21.8 Å². The molecule has 0 fully saturated rings. The molecule has 5 nitrogen and oxygen atoms in total. The Balaban J connectivity index is 2.89. The van der Waals surface area contributed by atoms with Crippen molar-refractivity contribution in [2.45, 2.75) is 12.8 Å². The van der Waals surface area contributed by atoms with Gasteiger partial charge in [-0.3, -0.25) is 9.10 Å². The molecule has 0 radical (unpaired) electrons. The first kappa shape index (κ1) is 14.4. The van der Waals surface area contributed by atoms with Crippen molar-refractivity contribution < 1.29 is 22.7 Å². The van der Waals surface area contributed by atoms with Crippen molar-refractivity contribution in [2.75, 3.05) is 17.1 Å². The normalized spacial score (nSPS) is 11.2. The van der Waals surface area contributed by atoms with Crippen LogP contribution in [0, 0.1) is 5.82 Å². The van der Waals surface area contributed by atoms with Gasteiger partial charge in [0.1, 0.15) is 5.82 Å². The Bertz CT molecular complexity index is 530. The van der Waals surface area contributed by atoms with Crippen molar-refractivity contribution in [2.24, 2.45) is 0 Å². The number of nitrogens with zero attached hydrogens (tertiary/aromatic N) is 1. The van der Waals surface area contributed by atoms with Crippen LogP contribution in [0.15, 0.2) is 24.3 Å². The summed E-state index contributed by atoms with van der Waals surface area (Å²) in [5.41, 5.74) is 0.197. The zero-order valence-corrected chi connectivity index (χ0v) is 10.7. The van der Waals surface area contributed by atoms with Gasteiger partial charge in [-0.25, -0.2) is 12.8 Å². The molecule has 1 aromatic rings. The highest BCUT2D eigenvalue weighted by Crippen LogP contribution is 2.19. The molecule has 1 rings (SSSR count). The highest BCUT2D eigenvalue weighted by atomic mass is 32.2. The highest BCUT2D eigenvalue weighted by Gasteiger charge is 2.17. The Kier molecular flexibility index (Phi) is 4.66. The van der Waals surface area contributed by atoms with Gasteiger partial charge < -0.3 is 5.11 Å². The van der Waals surface area contributed by atoms with Gasteiger partial charge in [0, 0.05) is 13.0 Å². The van der Waals surface area contributed by atoms with E-state index in [0.29, 0.717) is 0 Å². The van der Waals surface area contributed by atoms with Crippen molar-refractivity contribution in [1.82, 2.24) is 0 Å². The summed E-state index contributed by atoms with van der Waals surface area (Å²) in [4.78, 5) is 10.4. The minimum atomic E-state index is -3.56. The van der Waals surface area contributed by atoms with Crippen molar-refractivity contribution in [1.29, 1.82) is 0 Å². The number of carboxylic acids is 1. The number of sulfonamides is 1. The molecule has 18 heavy (non-hydrogen) atoms. The molecule has 0 heterocycles. The molecular formula is C11H14FNO4S. The summed E-state index contributed by atoms with van der Waals surface area (Å²) in [5.74, 6) is -1.54. The molecule has 0 aliphatic heterocycles. The summed E-state index contributed by atoms with van der Waals surface area (Å²) < 4.78 is 37.2. The number of hydrogen-bond acceptors (Lipinski definition) is 3. The lowest BCUT2D eigenvalue weighted by Crippen LogP contribution is -2.31. The standard InChI is InChI=1S/C11H14FNO4S/c1-18(16,17)13(7-3-6-11(14)15)10-5-2-4-9(12)8-10/h2,4-5,8H,3,6-7H2,1H3,(H,14,15). The Hall–Kier alpha value is -1.63. The van der Waals surface area contributed by atoms with Crippen LogP contribution in [-0.4, -0.2) is 32.3 Å². The summed E-state index contributed by atoms with van der Waals surface area (Å²) in [6.07, 6.45) is 1.03. The van der Waals surface area contributed by atoms with Crippen LogP contribution >= 0.6 is 0 Å². The fourth-order valence-electron chi connectivity index (χ4n) is 1.49. The van der Waals surface area contributed by atoms with E-state index in [-0.39, 0.29) is 25.1 Å². The molecule has 0 aliphatic rings. The zero-order valence-electron chi connectivity index (χ0n) is 9.84. The van der Waals surface area contributed by atoms with Gasteiger partial charge in [-0.1, -0.05) is 6.07 Å². The number of rotatable bonds is 6. The quantitative estimate of drug-likeness (QED) is 0.852. The topological polar surface area (TPSA) is 74.7 Å². The van der Waals surface area contributed by atoms with Gasteiger partial charge in [0.25, 0.3) is 0 Å². The Morgan fingerprint density at radius 2 is 2.11 bits per heavy atom. The van der Waals surface area contributed by atoms with E-state index in [1.54, 1.807) is 0 Å². The molecule has 0 unspecified atom stereocenters. The molecule has 0 atom stereocenters. The third-order valence-corrected chi connectivity index (χ3v) is 3.44. The van der Waals surface area contributed by atoms with Crippen molar-refractivity contribution in [3.05, 3.63) is 30.1 Å². The van der Waals surface area contributed by atoms with E-state index >= 15 is 0 Å². The number of halogens is 1. The van der Waals surface area contributed by atoms with E-state index in [2.05, 4.69) is 0 Å². The number of hydrogen-bond donors (Lipinski definition) is 1. The Labute approximate surface area is 105 Å². The van der Waals surface area contributed by atoms with Crippen molar-refractivity contribution in [3.8, 4) is 0 Å². The summed E-state index contributed by atoms with van der Waals surface area (Å²) in [6, 6.07) is 5.17. The fourth-order valence-corrected chi connectivity index (χ4v) is 2.45. The molecular weight excluding hydrogens is 261 g/mol. The maximum Gasteiger partial charge on any atom is 0.303 e. The first-order chi connectivity index (χ1) is 8.30. The van der Waals surface area contributed by atoms with Gasteiger partial charge in [0.2, 0.25) is 10.0 Å². The maximum atomic E-state index is 13.1. The maximum absolute atomic E-state index is 13.1. The van der Waals surface area contributed by atoms with Gasteiger partial charge in [0.05, 0.1) is 11.9 Å². The second kappa shape index (κ2) is 5.81. The number of carbonyl (C=O) groups is 1. The highest BCUT2D eigenvalue weighted by molar-refractivity contribution is 7.92. The van der Waals surface area contributed by atoms with E-state index in [1.165, 1.54) is 18.2 Å². The van der Waals surface area contributed by atoms with Gasteiger partial charge in [-0.05, 0) is 24.6 Å². The van der Waals surface area contributed by atoms with Crippen molar-refractivity contribution in [3.63, 3.8) is 0 Å². The molecule has 1 aromatic carbocycles. The molecule has 0 aromatic heterocycles. The predicted octanol–water partition coefficient (Wildman–Crippen LogP) is 1.46. The molecule has 1 N–H and O–H groups in total. The number of aliphatic carboxylic acids is 1. The monoisotopic (exact) mass is 275 g/mol. The molecule has 0 spiro atoms. The van der Waals surface area contributed by atoms with Crippen LogP contribution in [0.4, 0.5) is 10.1 Å². The average molecular weight is 275 g/mol. The van der Waals surface area contributed by atoms with E-state index in [1.807, 2.05) is 0 Å². The van der Waals surface area contributed by atoms with E-state index in [4.69, 9.17) is 5.11 Å². The summed E-state index contributed by atoms with van der Waals surface area (Å²) >= 11 is 0. The Morgan fingerprint density at radius 3 is 2.61 bits per heavy atom. The van der Waals surface area contributed by atoms with Gasteiger partial charge in [0.15, 0.2) is 0 Å². The van der Waals surface area contributed by atoms with Crippen LogP contribution in [0.3, 0.4) is 0 Å². The average Bonchev–Trinajstić information content (AvgIpc) is 2.22. The lowest BCUT2D eigenvalue weighted by atomic mass is 10.3. The van der Waals surface area contributed by atoms with Crippen LogP contribution in [-0.2, 0) is 14.8 Å². The second-order valence-corrected chi connectivity index (χ2v) is 5.72. The van der Waals surface area contributed by atoms with Crippen molar-refractivity contribution >= 4 is 21.7 Å². The van der Waals surface area contributed by atoms with Gasteiger partial charge in [-0.15, -0.1) is 0 Å². The third kappa shape index (κ3) is 4.33. The first-order valence-electron chi connectivity index (χ1n) is 5.26. The molecule has 0 amide bonds. The minimum absolute atomic E-state index is 0.00852. The second-order valence-electron chi connectivity index (χ2n) is 3.81. The Morgan fingerprint density at radius 1 is 1.44 bits per heavy atom. The predicted molar refractivity (Wildman–Crippen MR) is 65.5 cm³/mol. The van der Waals surface area contributed by atoms with Crippen LogP contribution < -0.4 is 4.31 Å². The first-order valence-corrected chi connectivity index (χ1v) is 7.10. The van der Waals surface area contributed by atoms with Crippen LogP contribution in [0.2, 0.25) is 0 Å². The zero-order chi connectivity index (χ0) is 13.8. The third-order valence-electron chi connectivity index (χ3n) is 2.25. The molecule has 0 bridgehead atoms. The summed E-state index contributed by atoms with van der Waals surface area (Å²) in [7, 11) is -3.56. The largest absolute Gasteiger partial charge is 0.481 e. The summed E-state index contributed by atoms with van der Waals surface area (Å²) in [5, 5.41) is 8.52. The van der Waals surface area contributed by atoms with Gasteiger partial charge >= 0.3 is 5.97 Å². The lowest BCUT2D eigenvalue weighted by molar-refractivity contribution is -0.137. The SMILES string of the molecule is CS(=O)(=O)N(CCCC(=O)O)c1cccc(F)c1. The lowest BCUT2D eigenvalue weighted by Gasteiger charge is -2.22. The molecule has 0 saturated carbocycles. The fraction of sp³-hybridized carbons (Fsp3) is 0.364. The smallest absolute Gasteiger partial charge is 0.303 e. The van der Waals surface area contributed by atoms with E-state index in [0.717, 1.165) is 16.6 Å². The molecule has 0 aliphatic carbocycles. The van der Waals surface area contributed by atoms with Crippen LogP contribution in [0.25, 0.3) is 0 Å². The minimum Gasteiger partial charge on any atom is -0.481 e. The number of carboxylic acid groups (broad SMARTS) is 1. The molecule has 0 saturated heterocycles. The van der Waals surface area contributed by atoms with Gasteiger partial charge in [-0.2, -0.15) is 0 Å². The number of benzene rings is 1. The van der Waals surface area contributed by atoms with Crippen LogP contribution in [0.5, 0.6) is 0 Å². The van der Waals surface area contributed by atoms with E-state index in [9.17, 15) is 17.6 Å². The summed E-state index contributed by atoms with van der Waals surface area (Å²) in [6.45, 7) is 0.00852.